The molecule has 0 amide bonds. The van der Waals surface area contributed by atoms with Crippen molar-refractivity contribution >= 4 is 5.78 Å². The van der Waals surface area contributed by atoms with Gasteiger partial charge in [0.05, 0.1) is 0 Å². The molecule has 0 fully saturated rings. The first kappa shape index (κ1) is 16.0. The first-order valence-electron chi connectivity index (χ1n) is 8.67. The number of benzene rings is 4. The van der Waals surface area contributed by atoms with Crippen LogP contribution in [0.1, 0.15) is 15.9 Å². The number of carbonyl (C=O) groups is 1. The minimum atomic E-state index is 0.0511. The molecular weight excluding hydrogens is 316 g/mol. The third-order valence-electron chi connectivity index (χ3n) is 4.49. The van der Waals surface area contributed by atoms with Crippen LogP contribution in [0.25, 0.3) is 22.3 Å². The molecule has 0 saturated carbocycles. The zero-order valence-corrected chi connectivity index (χ0v) is 14.3. The highest BCUT2D eigenvalue weighted by molar-refractivity contribution is 6.09. The van der Waals surface area contributed by atoms with Crippen molar-refractivity contribution in [3.63, 3.8) is 0 Å². The third-order valence-corrected chi connectivity index (χ3v) is 4.49. The molecule has 0 heterocycles. The summed E-state index contributed by atoms with van der Waals surface area (Å²) in [6.07, 6.45) is 0. The fourth-order valence-electron chi connectivity index (χ4n) is 3.08. The Kier molecular flexibility index (Phi) is 4.44. The smallest absolute Gasteiger partial charge is 0.193 e. The zero-order chi connectivity index (χ0) is 17.8. The van der Waals surface area contributed by atoms with Crippen LogP contribution >= 0.6 is 0 Å². The highest BCUT2D eigenvalue weighted by Crippen LogP contribution is 2.26. The Hall–Kier alpha value is -3.45. The molecule has 0 radical (unpaired) electrons. The van der Waals surface area contributed by atoms with Crippen molar-refractivity contribution in [1.82, 2.24) is 0 Å². The summed E-state index contributed by atoms with van der Waals surface area (Å²) < 4.78 is 0. The second-order valence-electron chi connectivity index (χ2n) is 6.22. The van der Waals surface area contributed by atoms with Gasteiger partial charge in [0, 0.05) is 11.1 Å². The van der Waals surface area contributed by atoms with Crippen LogP contribution in [0, 0.1) is 0 Å². The third kappa shape index (κ3) is 3.33. The van der Waals surface area contributed by atoms with Crippen LogP contribution in [0.5, 0.6) is 0 Å². The van der Waals surface area contributed by atoms with Crippen molar-refractivity contribution in [3.8, 4) is 22.3 Å². The molecular formula is C25H18O. The Balaban J connectivity index is 1.63. The Morgan fingerprint density at radius 1 is 0.423 bits per heavy atom. The maximum absolute atomic E-state index is 12.5. The zero-order valence-electron chi connectivity index (χ0n) is 14.3. The van der Waals surface area contributed by atoms with Gasteiger partial charge in [-0.3, -0.25) is 4.79 Å². The Morgan fingerprint density at radius 2 is 0.885 bits per heavy atom. The normalized spacial score (nSPS) is 10.5. The number of hydrogen-bond donors (Lipinski definition) is 0. The lowest BCUT2D eigenvalue weighted by Crippen LogP contribution is -2.00. The highest BCUT2D eigenvalue weighted by Gasteiger charge is 2.09. The monoisotopic (exact) mass is 334 g/mol. The maximum Gasteiger partial charge on any atom is 0.193 e. The van der Waals surface area contributed by atoms with E-state index in [-0.39, 0.29) is 5.78 Å². The molecule has 0 spiro atoms. The molecule has 0 unspecified atom stereocenters. The molecule has 0 aliphatic rings. The minimum absolute atomic E-state index is 0.0511. The standard InChI is InChI=1S/C25H18O/c26-25(21-10-5-2-6-11-21)22-16-14-20(15-17-22)24-13-7-12-23(18-24)19-8-3-1-4-9-19/h1-18H. The van der Waals surface area contributed by atoms with Crippen molar-refractivity contribution < 1.29 is 4.79 Å². The molecule has 0 aliphatic heterocycles. The van der Waals surface area contributed by atoms with E-state index in [1.54, 1.807) is 0 Å². The van der Waals surface area contributed by atoms with Crippen LogP contribution in [0.15, 0.2) is 109 Å². The van der Waals surface area contributed by atoms with E-state index in [9.17, 15) is 4.79 Å². The molecule has 1 heteroatoms. The Labute approximate surface area is 153 Å². The van der Waals surface area contributed by atoms with Crippen LogP contribution in [-0.4, -0.2) is 5.78 Å². The quantitative estimate of drug-likeness (QED) is 0.403. The molecule has 124 valence electrons. The van der Waals surface area contributed by atoms with Crippen molar-refractivity contribution in [2.75, 3.05) is 0 Å². The largest absolute Gasteiger partial charge is 0.289 e. The number of carbonyl (C=O) groups excluding carboxylic acids is 1. The van der Waals surface area contributed by atoms with E-state index >= 15 is 0 Å². The van der Waals surface area contributed by atoms with Gasteiger partial charge in [-0.2, -0.15) is 0 Å². The summed E-state index contributed by atoms with van der Waals surface area (Å²) in [6, 6.07) is 36.0. The lowest BCUT2D eigenvalue weighted by molar-refractivity contribution is 0.103. The van der Waals surface area contributed by atoms with E-state index in [0.717, 1.165) is 11.1 Å². The van der Waals surface area contributed by atoms with Gasteiger partial charge in [-0.1, -0.05) is 103 Å². The summed E-state index contributed by atoms with van der Waals surface area (Å²) in [5.41, 5.74) is 6.06. The number of rotatable bonds is 4. The van der Waals surface area contributed by atoms with Crippen molar-refractivity contribution in [1.29, 1.82) is 0 Å². The molecule has 0 atom stereocenters. The summed E-state index contributed by atoms with van der Waals surface area (Å²) in [4.78, 5) is 12.5. The average molecular weight is 334 g/mol. The van der Waals surface area contributed by atoms with Gasteiger partial charge in [-0.05, 0) is 28.3 Å². The van der Waals surface area contributed by atoms with Crippen LogP contribution in [0.4, 0.5) is 0 Å². The fourth-order valence-corrected chi connectivity index (χ4v) is 3.08. The predicted molar refractivity (Wildman–Crippen MR) is 107 cm³/mol. The molecule has 1 nitrogen and oxygen atoms in total. The second kappa shape index (κ2) is 7.20. The van der Waals surface area contributed by atoms with E-state index in [4.69, 9.17) is 0 Å². The molecule has 26 heavy (non-hydrogen) atoms. The van der Waals surface area contributed by atoms with Gasteiger partial charge in [0.15, 0.2) is 5.78 Å². The second-order valence-corrected chi connectivity index (χ2v) is 6.22. The lowest BCUT2D eigenvalue weighted by atomic mass is 9.97. The lowest BCUT2D eigenvalue weighted by Gasteiger charge is -2.07. The van der Waals surface area contributed by atoms with Crippen LogP contribution in [0.3, 0.4) is 0 Å². The van der Waals surface area contributed by atoms with Crippen molar-refractivity contribution in [3.05, 3.63) is 120 Å². The predicted octanol–water partition coefficient (Wildman–Crippen LogP) is 6.25. The summed E-state index contributed by atoms with van der Waals surface area (Å²) in [5, 5.41) is 0. The van der Waals surface area contributed by atoms with E-state index in [1.807, 2.05) is 72.8 Å². The molecule has 0 aliphatic carbocycles. The number of ketones is 1. The summed E-state index contributed by atoms with van der Waals surface area (Å²) in [6.45, 7) is 0. The van der Waals surface area contributed by atoms with E-state index < -0.39 is 0 Å². The van der Waals surface area contributed by atoms with Gasteiger partial charge in [-0.25, -0.2) is 0 Å². The van der Waals surface area contributed by atoms with Crippen LogP contribution in [0.2, 0.25) is 0 Å². The molecule has 4 rings (SSSR count). The Bertz CT molecular complexity index is 1020. The molecule has 0 saturated heterocycles. The summed E-state index contributed by atoms with van der Waals surface area (Å²) in [5.74, 6) is 0.0511. The minimum Gasteiger partial charge on any atom is -0.289 e. The van der Waals surface area contributed by atoms with Crippen molar-refractivity contribution in [2.45, 2.75) is 0 Å². The van der Waals surface area contributed by atoms with Gasteiger partial charge in [0.2, 0.25) is 0 Å². The molecule has 4 aromatic carbocycles. The van der Waals surface area contributed by atoms with Gasteiger partial charge in [-0.15, -0.1) is 0 Å². The molecule has 4 aromatic rings. The number of hydrogen-bond acceptors (Lipinski definition) is 1. The SMILES string of the molecule is O=C(c1ccccc1)c1ccc(-c2cccc(-c3ccccc3)c2)cc1. The highest BCUT2D eigenvalue weighted by atomic mass is 16.1. The molecule has 0 aromatic heterocycles. The summed E-state index contributed by atoms with van der Waals surface area (Å²) >= 11 is 0. The van der Waals surface area contributed by atoms with Gasteiger partial charge in [0.1, 0.15) is 0 Å². The molecule has 0 bridgehead atoms. The van der Waals surface area contributed by atoms with E-state index in [0.29, 0.717) is 11.1 Å². The maximum atomic E-state index is 12.5. The van der Waals surface area contributed by atoms with E-state index in [1.165, 1.54) is 11.1 Å². The Morgan fingerprint density at radius 3 is 1.50 bits per heavy atom. The first-order chi connectivity index (χ1) is 12.8. The average Bonchev–Trinajstić information content (AvgIpc) is 2.75. The summed E-state index contributed by atoms with van der Waals surface area (Å²) in [7, 11) is 0. The van der Waals surface area contributed by atoms with Crippen LogP contribution in [-0.2, 0) is 0 Å². The fraction of sp³-hybridized carbons (Fsp3) is 0. The van der Waals surface area contributed by atoms with Gasteiger partial charge in [0.25, 0.3) is 0 Å². The van der Waals surface area contributed by atoms with Crippen molar-refractivity contribution in [2.24, 2.45) is 0 Å². The molecule has 0 N–H and O–H groups in total. The van der Waals surface area contributed by atoms with Crippen LogP contribution < -0.4 is 0 Å². The topological polar surface area (TPSA) is 17.1 Å². The van der Waals surface area contributed by atoms with Gasteiger partial charge >= 0.3 is 0 Å². The van der Waals surface area contributed by atoms with E-state index in [2.05, 4.69) is 36.4 Å². The van der Waals surface area contributed by atoms with Gasteiger partial charge < -0.3 is 0 Å². The first-order valence-corrected chi connectivity index (χ1v) is 8.67.